The minimum absolute atomic E-state index is 0.191. The molecule has 0 bridgehead atoms. The Bertz CT molecular complexity index is 759. The van der Waals surface area contributed by atoms with Gasteiger partial charge in [0.2, 0.25) is 0 Å². The van der Waals surface area contributed by atoms with Crippen molar-refractivity contribution in [1.29, 1.82) is 0 Å². The first-order chi connectivity index (χ1) is 11.8. The quantitative estimate of drug-likeness (QED) is 0.604. The molecule has 0 saturated carbocycles. The molecule has 0 fully saturated rings. The van der Waals surface area contributed by atoms with Gasteiger partial charge in [0.25, 0.3) is 5.91 Å². The third-order valence-corrected chi connectivity index (χ3v) is 3.95. The van der Waals surface area contributed by atoms with Gasteiger partial charge in [-0.25, -0.2) is 9.78 Å². The summed E-state index contributed by atoms with van der Waals surface area (Å²) in [6.45, 7) is 2.24. The van der Waals surface area contributed by atoms with E-state index < -0.39 is 28.6 Å². The lowest BCUT2D eigenvalue weighted by Crippen LogP contribution is -2.17. The van der Waals surface area contributed by atoms with Gasteiger partial charge in [0.1, 0.15) is 4.88 Å². The Balaban J connectivity index is 2.11. The first kappa shape index (κ1) is 18.9. The van der Waals surface area contributed by atoms with Crippen molar-refractivity contribution in [3.8, 4) is 0 Å². The summed E-state index contributed by atoms with van der Waals surface area (Å²) in [6, 6.07) is 5.82. The van der Waals surface area contributed by atoms with Crippen LogP contribution in [0.3, 0.4) is 0 Å². The highest BCUT2D eigenvalue weighted by atomic mass is 32.1. The predicted molar refractivity (Wildman–Crippen MR) is 86.7 cm³/mol. The van der Waals surface area contributed by atoms with Crippen molar-refractivity contribution in [2.75, 3.05) is 11.9 Å². The molecule has 0 atom stereocenters. The Kier molecular flexibility index (Phi) is 6.13. The number of carbonyl (C=O) groups is 2. The summed E-state index contributed by atoms with van der Waals surface area (Å²) < 4.78 is 43.5. The lowest BCUT2D eigenvalue weighted by Gasteiger charge is -2.09. The van der Waals surface area contributed by atoms with Crippen molar-refractivity contribution in [3.63, 3.8) is 0 Å². The second-order valence-electron chi connectivity index (χ2n) is 5.05. The van der Waals surface area contributed by atoms with Gasteiger partial charge in [-0.05, 0) is 24.6 Å². The monoisotopic (exact) mass is 372 g/mol. The molecular formula is C16H15F3N2O3S. The molecule has 134 valence electrons. The third kappa shape index (κ3) is 5.02. The summed E-state index contributed by atoms with van der Waals surface area (Å²) >= 11 is 0.593. The highest BCUT2D eigenvalue weighted by Crippen LogP contribution is 2.33. The van der Waals surface area contributed by atoms with Gasteiger partial charge in [-0.3, -0.25) is 4.79 Å². The van der Waals surface area contributed by atoms with Crippen molar-refractivity contribution in [1.82, 2.24) is 4.98 Å². The van der Waals surface area contributed by atoms with Crippen molar-refractivity contribution in [2.24, 2.45) is 0 Å². The fraction of sp³-hybridized carbons (Fsp3) is 0.312. The first-order valence-corrected chi connectivity index (χ1v) is 8.30. The molecule has 1 amide bonds. The fourth-order valence-electron chi connectivity index (χ4n) is 1.91. The van der Waals surface area contributed by atoms with Crippen molar-refractivity contribution >= 4 is 28.9 Å². The van der Waals surface area contributed by atoms with Crippen molar-refractivity contribution in [2.45, 2.75) is 25.9 Å². The van der Waals surface area contributed by atoms with E-state index in [2.05, 4.69) is 10.3 Å². The maximum atomic E-state index is 12.8. The number of nitrogens with one attached hydrogen (secondary N) is 1. The third-order valence-electron chi connectivity index (χ3n) is 3.13. The summed E-state index contributed by atoms with van der Waals surface area (Å²) in [5, 5.41) is 2.34. The molecule has 2 rings (SSSR count). The molecule has 2 aromatic rings. The lowest BCUT2D eigenvalue weighted by atomic mass is 10.2. The smallest absolute Gasteiger partial charge is 0.434 e. The highest BCUT2D eigenvalue weighted by molar-refractivity contribution is 7.12. The topological polar surface area (TPSA) is 68.3 Å². The summed E-state index contributed by atoms with van der Waals surface area (Å²) in [6.07, 6.45) is -3.11. The number of amides is 1. The number of hydrogen-bond acceptors (Lipinski definition) is 5. The standard InChI is InChI=1S/C16H15F3N2O3S/c1-2-3-7-24-15(23)10-5-4-6-11(8-10)21-14(22)12-13(16(17,18)19)20-9-25-12/h4-6,8-9H,2-3,7H2,1H3,(H,21,22). The Morgan fingerprint density at radius 2 is 2.08 bits per heavy atom. The Morgan fingerprint density at radius 1 is 1.32 bits per heavy atom. The summed E-state index contributed by atoms with van der Waals surface area (Å²) in [7, 11) is 0. The maximum absolute atomic E-state index is 12.8. The molecule has 5 nitrogen and oxygen atoms in total. The minimum atomic E-state index is -4.71. The summed E-state index contributed by atoms with van der Waals surface area (Å²) in [5.41, 5.74) is 0.120. The van der Waals surface area contributed by atoms with Crippen LogP contribution in [0.1, 0.15) is 45.5 Å². The summed E-state index contributed by atoms with van der Waals surface area (Å²) in [5.74, 6) is -1.50. The van der Waals surface area contributed by atoms with Gasteiger partial charge < -0.3 is 10.1 Å². The average Bonchev–Trinajstić information content (AvgIpc) is 3.05. The van der Waals surface area contributed by atoms with Crippen LogP contribution >= 0.6 is 11.3 Å². The molecule has 1 N–H and O–H groups in total. The van der Waals surface area contributed by atoms with Crippen molar-refractivity contribution in [3.05, 3.63) is 45.9 Å². The number of thiazole rings is 1. The normalized spacial score (nSPS) is 11.2. The number of halogens is 3. The Hall–Kier alpha value is -2.42. The van der Waals surface area contributed by atoms with Gasteiger partial charge in [-0.1, -0.05) is 19.4 Å². The van der Waals surface area contributed by atoms with Gasteiger partial charge in [0.15, 0.2) is 5.69 Å². The lowest BCUT2D eigenvalue weighted by molar-refractivity contribution is -0.141. The van der Waals surface area contributed by atoms with Crippen LogP contribution in [-0.2, 0) is 10.9 Å². The van der Waals surface area contributed by atoms with E-state index in [1.54, 1.807) is 0 Å². The second kappa shape index (κ2) is 8.11. The van der Waals surface area contributed by atoms with E-state index in [9.17, 15) is 22.8 Å². The molecular weight excluding hydrogens is 357 g/mol. The van der Waals surface area contributed by atoms with Crippen LogP contribution < -0.4 is 5.32 Å². The molecule has 9 heteroatoms. The van der Waals surface area contributed by atoms with E-state index in [-0.39, 0.29) is 17.9 Å². The summed E-state index contributed by atoms with van der Waals surface area (Å²) in [4.78, 5) is 26.6. The van der Waals surface area contributed by atoms with Crippen LogP contribution in [0.2, 0.25) is 0 Å². The van der Waals surface area contributed by atoms with E-state index in [0.29, 0.717) is 11.3 Å². The number of alkyl halides is 3. The van der Waals surface area contributed by atoms with Gasteiger partial charge >= 0.3 is 12.1 Å². The number of carbonyl (C=O) groups excluding carboxylic acids is 2. The van der Waals surface area contributed by atoms with Crippen LogP contribution in [0.5, 0.6) is 0 Å². The molecule has 0 aliphatic carbocycles. The Labute approximate surface area is 145 Å². The molecule has 0 radical (unpaired) electrons. The number of anilines is 1. The number of unbranched alkanes of at least 4 members (excludes halogenated alkanes) is 1. The van der Waals surface area contributed by atoms with E-state index in [1.807, 2.05) is 6.92 Å². The number of esters is 1. The zero-order valence-electron chi connectivity index (χ0n) is 13.2. The van der Waals surface area contributed by atoms with Crippen LogP contribution in [0.15, 0.2) is 29.8 Å². The van der Waals surface area contributed by atoms with E-state index in [0.717, 1.165) is 18.4 Å². The molecule has 0 unspecified atom stereocenters. The van der Waals surface area contributed by atoms with Crippen molar-refractivity contribution < 1.29 is 27.5 Å². The highest BCUT2D eigenvalue weighted by Gasteiger charge is 2.38. The fourth-order valence-corrected chi connectivity index (χ4v) is 2.62. The molecule has 0 aliphatic heterocycles. The number of aromatic nitrogens is 1. The molecule has 0 saturated heterocycles. The van der Waals surface area contributed by atoms with Gasteiger partial charge in [-0.2, -0.15) is 13.2 Å². The number of benzene rings is 1. The van der Waals surface area contributed by atoms with E-state index in [4.69, 9.17) is 4.74 Å². The zero-order valence-corrected chi connectivity index (χ0v) is 14.0. The number of nitrogens with zero attached hydrogens (tertiary/aromatic N) is 1. The van der Waals surface area contributed by atoms with Crippen LogP contribution in [0.25, 0.3) is 0 Å². The van der Waals surface area contributed by atoms with Gasteiger partial charge in [0.05, 0.1) is 17.7 Å². The number of rotatable bonds is 6. The molecule has 1 aromatic carbocycles. The van der Waals surface area contributed by atoms with Crippen LogP contribution in [0, 0.1) is 0 Å². The number of ether oxygens (including phenoxy) is 1. The zero-order chi connectivity index (χ0) is 18.4. The first-order valence-electron chi connectivity index (χ1n) is 7.42. The molecule has 1 aromatic heterocycles. The predicted octanol–water partition coefficient (Wildman–Crippen LogP) is 4.37. The molecule has 0 aliphatic rings. The van der Waals surface area contributed by atoms with E-state index in [1.165, 1.54) is 24.3 Å². The Morgan fingerprint density at radius 3 is 2.76 bits per heavy atom. The average molecular weight is 372 g/mol. The SMILES string of the molecule is CCCCOC(=O)c1cccc(NC(=O)c2scnc2C(F)(F)F)c1. The minimum Gasteiger partial charge on any atom is -0.462 e. The van der Waals surface area contributed by atoms with Gasteiger partial charge in [0, 0.05) is 5.69 Å². The van der Waals surface area contributed by atoms with Crippen LogP contribution in [0.4, 0.5) is 18.9 Å². The molecule has 1 heterocycles. The van der Waals surface area contributed by atoms with Gasteiger partial charge in [-0.15, -0.1) is 11.3 Å². The van der Waals surface area contributed by atoms with E-state index >= 15 is 0 Å². The van der Waals surface area contributed by atoms with Crippen LogP contribution in [-0.4, -0.2) is 23.5 Å². The maximum Gasteiger partial charge on any atom is 0.434 e. The second-order valence-corrected chi connectivity index (χ2v) is 5.91. The molecule has 0 spiro atoms. The molecule has 25 heavy (non-hydrogen) atoms. The number of hydrogen-bond donors (Lipinski definition) is 1. The largest absolute Gasteiger partial charge is 0.462 e.